The Hall–Kier alpha value is -3.81. The van der Waals surface area contributed by atoms with Crippen molar-refractivity contribution in [3.8, 4) is 11.1 Å². The molecule has 2 aromatic heterocycles. The second kappa shape index (κ2) is 9.99. The van der Waals surface area contributed by atoms with Gasteiger partial charge in [-0.1, -0.05) is 18.2 Å². The highest BCUT2D eigenvalue weighted by atomic mass is 19.1. The van der Waals surface area contributed by atoms with Gasteiger partial charge in [-0.25, -0.2) is 4.39 Å². The molecule has 7 nitrogen and oxygen atoms in total. The van der Waals surface area contributed by atoms with Crippen molar-refractivity contribution in [3.63, 3.8) is 0 Å². The molecule has 2 unspecified atom stereocenters. The minimum absolute atomic E-state index is 0.176. The lowest BCUT2D eigenvalue weighted by molar-refractivity contribution is -0.119. The van der Waals surface area contributed by atoms with Gasteiger partial charge in [-0.2, -0.15) is 5.10 Å². The van der Waals surface area contributed by atoms with Gasteiger partial charge in [0.1, 0.15) is 11.7 Å². The van der Waals surface area contributed by atoms with Crippen molar-refractivity contribution in [2.24, 2.45) is 13.0 Å². The summed E-state index contributed by atoms with van der Waals surface area (Å²) in [6.07, 6.45) is 5.93. The smallest absolute Gasteiger partial charge is 0.270 e. The van der Waals surface area contributed by atoms with Gasteiger partial charge < -0.3 is 10.6 Å². The fourth-order valence-electron chi connectivity index (χ4n) is 4.41. The number of anilines is 1. The molecule has 0 fully saturated rings. The molecular weight excluding hydrogens is 433 g/mol. The van der Waals surface area contributed by atoms with Gasteiger partial charge in [0.2, 0.25) is 5.91 Å². The van der Waals surface area contributed by atoms with E-state index >= 15 is 0 Å². The van der Waals surface area contributed by atoms with Crippen molar-refractivity contribution in [2.45, 2.75) is 39.2 Å². The second-order valence-corrected chi connectivity index (χ2v) is 8.63. The van der Waals surface area contributed by atoms with Gasteiger partial charge in [-0.15, -0.1) is 0 Å². The summed E-state index contributed by atoms with van der Waals surface area (Å²) in [7, 11) is 1.66. The summed E-state index contributed by atoms with van der Waals surface area (Å²) in [5, 5.41) is 9.78. The second-order valence-electron chi connectivity index (χ2n) is 8.63. The van der Waals surface area contributed by atoms with Gasteiger partial charge in [0.05, 0.1) is 5.83 Å². The van der Waals surface area contributed by atoms with Crippen molar-refractivity contribution in [1.29, 1.82) is 0 Å². The van der Waals surface area contributed by atoms with Crippen LogP contribution in [0.25, 0.3) is 11.1 Å². The van der Waals surface area contributed by atoms with Crippen LogP contribution in [-0.4, -0.2) is 32.6 Å². The molecule has 1 aliphatic carbocycles. The summed E-state index contributed by atoms with van der Waals surface area (Å²) in [5.74, 6) is -1.12. The largest absolute Gasteiger partial charge is 0.339 e. The average Bonchev–Trinajstić information content (AvgIpc) is 3.25. The van der Waals surface area contributed by atoms with E-state index in [2.05, 4.69) is 20.7 Å². The molecule has 0 spiro atoms. The van der Waals surface area contributed by atoms with Gasteiger partial charge in [0.25, 0.3) is 5.91 Å². The van der Waals surface area contributed by atoms with Crippen LogP contribution in [0.5, 0.6) is 0 Å². The molecule has 2 heterocycles. The predicted molar refractivity (Wildman–Crippen MR) is 129 cm³/mol. The summed E-state index contributed by atoms with van der Waals surface area (Å²) >= 11 is 0. The maximum atomic E-state index is 13.6. The van der Waals surface area contributed by atoms with Gasteiger partial charge >= 0.3 is 0 Å². The van der Waals surface area contributed by atoms with E-state index in [-0.39, 0.29) is 24.1 Å². The SMILES string of the molecule is Cc1ccnc(C)c1-c1ccc(NC(=O)C(NC(=O)c2ccnn2C)C2CC=C(F)CC2)cc1. The lowest BCUT2D eigenvalue weighted by Gasteiger charge is -2.28. The van der Waals surface area contributed by atoms with Crippen molar-refractivity contribution >= 4 is 17.5 Å². The highest BCUT2D eigenvalue weighted by molar-refractivity contribution is 6.00. The first-order valence-electron chi connectivity index (χ1n) is 11.3. The van der Waals surface area contributed by atoms with E-state index in [0.29, 0.717) is 24.2 Å². The van der Waals surface area contributed by atoms with E-state index in [1.165, 1.54) is 17.0 Å². The van der Waals surface area contributed by atoms with E-state index in [1.807, 2.05) is 44.2 Å². The third-order valence-corrected chi connectivity index (χ3v) is 6.28. The molecular formula is C26H28FN5O2. The molecule has 0 saturated carbocycles. The molecule has 0 radical (unpaired) electrons. The monoisotopic (exact) mass is 461 g/mol. The molecule has 3 aromatic rings. The molecule has 2 N–H and O–H groups in total. The lowest BCUT2D eigenvalue weighted by atomic mass is 9.86. The van der Waals surface area contributed by atoms with Crippen LogP contribution < -0.4 is 10.6 Å². The molecule has 4 rings (SSSR count). The Bertz CT molecular complexity index is 1210. The average molecular weight is 462 g/mol. The third kappa shape index (κ3) is 5.06. The van der Waals surface area contributed by atoms with Crippen LogP contribution in [0.2, 0.25) is 0 Å². The number of hydrogen-bond acceptors (Lipinski definition) is 4. The predicted octanol–water partition coefficient (Wildman–Crippen LogP) is 4.49. The standard InChI is InChI=1S/C26H28FN5O2/c1-16-12-14-28-17(2)23(16)18-6-10-21(11-7-18)30-26(34)24(19-4-8-20(27)9-5-19)31-25(33)22-13-15-29-32(22)3/h6-8,10-15,19,24H,4-5,9H2,1-3H3,(H,30,34)(H,31,33). The van der Waals surface area contributed by atoms with Gasteiger partial charge in [0, 0.05) is 36.4 Å². The van der Waals surface area contributed by atoms with Crippen molar-refractivity contribution < 1.29 is 14.0 Å². The highest BCUT2D eigenvalue weighted by Crippen LogP contribution is 2.29. The number of hydrogen-bond donors (Lipinski definition) is 2. The number of carbonyl (C=O) groups is 2. The molecule has 2 amide bonds. The number of aryl methyl sites for hydroxylation is 3. The van der Waals surface area contributed by atoms with Crippen LogP contribution in [0.4, 0.5) is 10.1 Å². The minimum Gasteiger partial charge on any atom is -0.339 e. The van der Waals surface area contributed by atoms with Crippen LogP contribution in [0.1, 0.15) is 41.0 Å². The first-order valence-corrected chi connectivity index (χ1v) is 11.3. The zero-order valence-electron chi connectivity index (χ0n) is 19.5. The van der Waals surface area contributed by atoms with Crippen molar-refractivity contribution in [3.05, 3.63) is 77.6 Å². The topological polar surface area (TPSA) is 88.9 Å². The Kier molecular flexibility index (Phi) is 6.86. The van der Waals surface area contributed by atoms with Gasteiger partial charge in [-0.05, 0) is 74.4 Å². The maximum absolute atomic E-state index is 13.6. The Morgan fingerprint density at radius 3 is 2.50 bits per heavy atom. The molecule has 1 aromatic carbocycles. The fraction of sp³-hybridized carbons (Fsp3) is 0.308. The summed E-state index contributed by atoms with van der Waals surface area (Å²) in [5.41, 5.74) is 5.10. The van der Waals surface area contributed by atoms with E-state index in [9.17, 15) is 14.0 Å². The molecule has 0 aliphatic heterocycles. The van der Waals surface area contributed by atoms with Crippen LogP contribution >= 0.6 is 0 Å². The minimum atomic E-state index is -0.811. The fourth-order valence-corrected chi connectivity index (χ4v) is 4.41. The Labute approximate surface area is 198 Å². The molecule has 8 heteroatoms. The Balaban J connectivity index is 1.53. The number of pyridine rings is 1. The van der Waals surface area contributed by atoms with Crippen LogP contribution in [-0.2, 0) is 11.8 Å². The van der Waals surface area contributed by atoms with E-state index in [0.717, 1.165) is 22.4 Å². The zero-order valence-corrected chi connectivity index (χ0v) is 19.5. The number of carbonyl (C=O) groups excluding carboxylic acids is 2. The molecule has 0 bridgehead atoms. The van der Waals surface area contributed by atoms with E-state index in [4.69, 9.17) is 0 Å². The number of halogens is 1. The number of amides is 2. The molecule has 176 valence electrons. The molecule has 0 saturated heterocycles. The lowest BCUT2D eigenvalue weighted by Crippen LogP contribution is -2.49. The van der Waals surface area contributed by atoms with E-state index in [1.54, 1.807) is 19.3 Å². The Morgan fingerprint density at radius 2 is 1.88 bits per heavy atom. The third-order valence-electron chi connectivity index (χ3n) is 6.28. The van der Waals surface area contributed by atoms with Crippen LogP contribution in [0.15, 0.2) is 60.7 Å². The summed E-state index contributed by atoms with van der Waals surface area (Å²) in [6, 6.07) is 10.3. The van der Waals surface area contributed by atoms with Gasteiger partial charge in [-0.3, -0.25) is 19.3 Å². The van der Waals surface area contributed by atoms with Gasteiger partial charge in [0.15, 0.2) is 0 Å². The van der Waals surface area contributed by atoms with Crippen LogP contribution in [0, 0.1) is 19.8 Å². The Morgan fingerprint density at radius 1 is 1.12 bits per heavy atom. The maximum Gasteiger partial charge on any atom is 0.270 e. The quantitative estimate of drug-likeness (QED) is 0.566. The number of nitrogens with one attached hydrogen (secondary N) is 2. The first-order chi connectivity index (χ1) is 16.3. The molecule has 1 aliphatic rings. The highest BCUT2D eigenvalue weighted by Gasteiger charge is 2.32. The van der Waals surface area contributed by atoms with Crippen molar-refractivity contribution in [1.82, 2.24) is 20.1 Å². The molecule has 34 heavy (non-hydrogen) atoms. The van der Waals surface area contributed by atoms with Crippen LogP contribution in [0.3, 0.4) is 0 Å². The summed E-state index contributed by atoms with van der Waals surface area (Å²) in [4.78, 5) is 30.5. The number of aromatic nitrogens is 3. The summed E-state index contributed by atoms with van der Waals surface area (Å²) in [6.45, 7) is 4.01. The number of benzene rings is 1. The van der Waals surface area contributed by atoms with Crippen molar-refractivity contribution in [2.75, 3.05) is 5.32 Å². The number of nitrogens with zero attached hydrogens (tertiary/aromatic N) is 3. The number of allylic oxidation sites excluding steroid dienone is 2. The molecule has 2 atom stereocenters. The zero-order chi connectivity index (χ0) is 24.2. The van der Waals surface area contributed by atoms with E-state index < -0.39 is 11.9 Å². The normalized spacial score (nSPS) is 16.5. The summed E-state index contributed by atoms with van der Waals surface area (Å²) < 4.78 is 15.0. The first kappa shape index (κ1) is 23.4. The number of rotatable bonds is 6.